The van der Waals surface area contributed by atoms with Crippen molar-refractivity contribution in [1.82, 2.24) is 9.97 Å². The molecule has 84 valence electrons. The fraction of sp³-hybridized carbons (Fsp3) is 0.636. The van der Waals surface area contributed by atoms with E-state index < -0.39 is 0 Å². The number of hydrogen-bond acceptors (Lipinski definition) is 4. The molecular weight excluding hydrogens is 188 g/mol. The first-order valence-electron chi connectivity index (χ1n) is 5.37. The van der Waals surface area contributed by atoms with Crippen LogP contribution in [0.25, 0.3) is 0 Å². The Hall–Kier alpha value is -1.32. The summed E-state index contributed by atoms with van der Waals surface area (Å²) in [5.41, 5.74) is 0. The lowest BCUT2D eigenvalue weighted by Gasteiger charge is -2.23. The highest BCUT2D eigenvalue weighted by atomic mass is 15.2. The number of aryl methyl sites for hydroxylation is 1. The zero-order valence-corrected chi connectivity index (χ0v) is 10.2. The van der Waals surface area contributed by atoms with Crippen molar-refractivity contribution in [3.8, 4) is 0 Å². The van der Waals surface area contributed by atoms with Gasteiger partial charge in [0.1, 0.15) is 17.5 Å². The molecule has 1 aromatic rings. The molecule has 0 saturated carbocycles. The van der Waals surface area contributed by atoms with E-state index in [1.807, 2.05) is 20.2 Å². The summed E-state index contributed by atoms with van der Waals surface area (Å²) in [5, 5.41) is 3.06. The first-order chi connectivity index (χ1) is 7.08. The first kappa shape index (κ1) is 11.8. The maximum Gasteiger partial charge on any atom is 0.134 e. The van der Waals surface area contributed by atoms with Crippen molar-refractivity contribution in [2.75, 3.05) is 24.3 Å². The Morgan fingerprint density at radius 1 is 1.40 bits per heavy atom. The molecule has 0 atom stereocenters. The monoisotopic (exact) mass is 208 g/mol. The molecule has 1 heterocycles. The van der Waals surface area contributed by atoms with Crippen LogP contribution in [0.15, 0.2) is 6.07 Å². The Balaban J connectivity index is 3.06. The zero-order chi connectivity index (χ0) is 11.4. The average Bonchev–Trinajstić information content (AvgIpc) is 2.27. The molecule has 0 aliphatic rings. The molecule has 0 bridgehead atoms. The van der Waals surface area contributed by atoms with E-state index in [4.69, 9.17) is 0 Å². The molecule has 0 amide bonds. The second kappa shape index (κ2) is 4.96. The van der Waals surface area contributed by atoms with Crippen LogP contribution in [0.3, 0.4) is 0 Å². The summed E-state index contributed by atoms with van der Waals surface area (Å²) in [6, 6.07) is 2.41. The van der Waals surface area contributed by atoms with E-state index >= 15 is 0 Å². The van der Waals surface area contributed by atoms with Crippen LogP contribution in [-0.4, -0.2) is 30.1 Å². The van der Waals surface area contributed by atoms with Crippen molar-refractivity contribution in [3.63, 3.8) is 0 Å². The van der Waals surface area contributed by atoms with Gasteiger partial charge in [-0.15, -0.1) is 0 Å². The van der Waals surface area contributed by atoms with E-state index in [1.165, 1.54) is 0 Å². The molecular formula is C11H20N4. The van der Waals surface area contributed by atoms with Gasteiger partial charge in [-0.3, -0.25) is 0 Å². The van der Waals surface area contributed by atoms with Gasteiger partial charge in [-0.1, -0.05) is 6.92 Å². The summed E-state index contributed by atoms with van der Waals surface area (Å²) in [5.74, 6) is 2.73. The third kappa shape index (κ3) is 2.81. The summed E-state index contributed by atoms with van der Waals surface area (Å²) in [6.07, 6.45) is 0.856. The minimum absolute atomic E-state index is 0.439. The number of anilines is 2. The smallest absolute Gasteiger partial charge is 0.134 e. The zero-order valence-electron chi connectivity index (χ0n) is 10.2. The minimum atomic E-state index is 0.439. The molecule has 1 rings (SSSR count). The highest BCUT2D eigenvalue weighted by Crippen LogP contribution is 2.16. The van der Waals surface area contributed by atoms with Gasteiger partial charge < -0.3 is 10.2 Å². The van der Waals surface area contributed by atoms with Crippen LogP contribution in [-0.2, 0) is 6.42 Å². The summed E-state index contributed by atoms with van der Waals surface area (Å²) in [4.78, 5) is 11.0. The molecule has 0 radical (unpaired) electrons. The number of hydrogen-bond donors (Lipinski definition) is 1. The quantitative estimate of drug-likeness (QED) is 0.821. The molecule has 4 heteroatoms. The van der Waals surface area contributed by atoms with Crippen LogP contribution in [0.5, 0.6) is 0 Å². The fourth-order valence-electron chi connectivity index (χ4n) is 1.21. The average molecular weight is 208 g/mol. The molecule has 1 aromatic heterocycles. The first-order valence-corrected chi connectivity index (χ1v) is 5.37. The number of nitrogens with zero attached hydrogens (tertiary/aromatic N) is 3. The van der Waals surface area contributed by atoms with E-state index in [1.54, 1.807) is 0 Å². The molecule has 0 aromatic carbocycles. The Morgan fingerprint density at radius 3 is 2.53 bits per heavy atom. The van der Waals surface area contributed by atoms with Crippen LogP contribution in [0.4, 0.5) is 11.6 Å². The molecule has 0 aliphatic heterocycles. The maximum atomic E-state index is 4.50. The number of aromatic nitrogens is 2. The van der Waals surface area contributed by atoms with Crippen LogP contribution in [0.1, 0.15) is 26.6 Å². The fourth-order valence-corrected chi connectivity index (χ4v) is 1.21. The van der Waals surface area contributed by atoms with Gasteiger partial charge in [0, 0.05) is 32.6 Å². The van der Waals surface area contributed by atoms with Crippen molar-refractivity contribution in [1.29, 1.82) is 0 Å². The Morgan fingerprint density at radius 2 is 2.07 bits per heavy atom. The summed E-state index contributed by atoms with van der Waals surface area (Å²) < 4.78 is 0. The topological polar surface area (TPSA) is 41.1 Å². The third-order valence-corrected chi connectivity index (χ3v) is 2.47. The number of nitrogens with one attached hydrogen (secondary N) is 1. The second-order valence-corrected chi connectivity index (χ2v) is 3.84. The summed E-state index contributed by atoms with van der Waals surface area (Å²) in [7, 11) is 3.92. The van der Waals surface area contributed by atoms with E-state index in [0.29, 0.717) is 6.04 Å². The Bertz CT molecular complexity index is 300. The van der Waals surface area contributed by atoms with Gasteiger partial charge in [0.2, 0.25) is 0 Å². The van der Waals surface area contributed by atoms with Crippen molar-refractivity contribution in [3.05, 3.63) is 11.9 Å². The van der Waals surface area contributed by atoms with Gasteiger partial charge in [-0.05, 0) is 13.8 Å². The molecule has 1 N–H and O–H groups in total. The lowest BCUT2D eigenvalue weighted by molar-refractivity contribution is 0.736. The lowest BCUT2D eigenvalue weighted by atomic mass is 10.3. The van der Waals surface area contributed by atoms with Crippen LogP contribution >= 0.6 is 0 Å². The van der Waals surface area contributed by atoms with Gasteiger partial charge in [0.15, 0.2) is 0 Å². The summed E-state index contributed by atoms with van der Waals surface area (Å²) >= 11 is 0. The van der Waals surface area contributed by atoms with Crippen molar-refractivity contribution in [2.24, 2.45) is 0 Å². The Labute approximate surface area is 91.7 Å². The van der Waals surface area contributed by atoms with Crippen LogP contribution in [0, 0.1) is 0 Å². The molecule has 0 spiro atoms. The van der Waals surface area contributed by atoms with Gasteiger partial charge in [0.25, 0.3) is 0 Å². The maximum absolute atomic E-state index is 4.50. The SMILES string of the molecule is CCc1nc(NC)cc(N(C)C(C)C)n1. The largest absolute Gasteiger partial charge is 0.373 e. The van der Waals surface area contributed by atoms with Crippen LogP contribution in [0.2, 0.25) is 0 Å². The van der Waals surface area contributed by atoms with Gasteiger partial charge in [0.05, 0.1) is 0 Å². The van der Waals surface area contributed by atoms with E-state index in [0.717, 1.165) is 23.9 Å². The van der Waals surface area contributed by atoms with E-state index in [9.17, 15) is 0 Å². The van der Waals surface area contributed by atoms with Crippen molar-refractivity contribution in [2.45, 2.75) is 33.2 Å². The predicted molar refractivity (Wildman–Crippen MR) is 64.5 cm³/mol. The van der Waals surface area contributed by atoms with Gasteiger partial charge in [-0.2, -0.15) is 0 Å². The standard InChI is InChI=1S/C11H20N4/c1-6-9-13-10(12-4)7-11(14-9)15(5)8(2)3/h7-8H,6H2,1-5H3,(H,12,13,14). The highest BCUT2D eigenvalue weighted by molar-refractivity contribution is 5.49. The summed E-state index contributed by atoms with van der Waals surface area (Å²) in [6.45, 7) is 6.35. The lowest BCUT2D eigenvalue weighted by Crippen LogP contribution is -2.27. The van der Waals surface area contributed by atoms with Crippen molar-refractivity contribution >= 4 is 11.6 Å². The molecule has 0 fully saturated rings. The number of rotatable bonds is 4. The van der Waals surface area contributed by atoms with Crippen LogP contribution < -0.4 is 10.2 Å². The molecule has 0 aliphatic carbocycles. The van der Waals surface area contributed by atoms with Gasteiger partial charge >= 0.3 is 0 Å². The third-order valence-electron chi connectivity index (χ3n) is 2.47. The Kier molecular flexibility index (Phi) is 3.88. The van der Waals surface area contributed by atoms with Gasteiger partial charge in [-0.25, -0.2) is 9.97 Å². The normalized spacial score (nSPS) is 10.5. The van der Waals surface area contributed by atoms with E-state index in [2.05, 4.69) is 41.0 Å². The van der Waals surface area contributed by atoms with Crippen molar-refractivity contribution < 1.29 is 0 Å². The molecule has 0 saturated heterocycles. The second-order valence-electron chi connectivity index (χ2n) is 3.84. The minimum Gasteiger partial charge on any atom is -0.373 e. The van der Waals surface area contributed by atoms with E-state index in [-0.39, 0.29) is 0 Å². The predicted octanol–water partition coefficient (Wildman–Crippen LogP) is 1.93. The highest BCUT2D eigenvalue weighted by Gasteiger charge is 2.09. The molecule has 4 nitrogen and oxygen atoms in total. The molecule has 0 unspecified atom stereocenters. The molecule has 15 heavy (non-hydrogen) atoms.